The number of nitrogens with zero attached hydrogens (tertiary/aromatic N) is 1. The Hall–Kier alpha value is -0.410. The average Bonchev–Trinajstić information content (AvgIpc) is 2.83. The largest absolute Gasteiger partial charge is 0.308 e. The molecule has 3 heteroatoms. The number of hydrogen-bond donors (Lipinski definition) is 1. The van der Waals surface area contributed by atoms with Crippen LogP contribution in [0.15, 0.2) is 11.6 Å². The molecule has 1 aliphatic carbocycles. The van der Waals surface area contributed by atoms with E-state index in [1.165, 1.54) is 37.1 Å². The van der Waals surface area contributed by atoms with E-state index in [0.29, 0.717) is 6.04 Å². The average molecular weight is 252 g/mol. The summed E-state index contributed by atoms with van der Waals surface area (Å²) in [5.74, 6) is 1.68. The van der Waals surface area contributed by atoms with Gasteiger partial charge < -0.3 is 5.32 Å². The first kappa shape index (κ1) is 13.0. The molecule has 96 valence electrons. The summed E-state index contributed by atoms with van der Waals surface area (Å²) in [5.41, 5.74) is 0. The normalized spacial score (nSPS) is 26.9. The third-order valence-electron chi connectivity index (χ3n) is 3.78. The molecule has 3 unspecified atom stereocenters. The zero-order valence-corrected chi connectivity index (χ0v) is 11.8. The summed E-state index contributed by atoms with van der Waals surface area (Å²) in [7, 11) is 0. The van der Waals surface area contributed by atoms with Crippen LogP contribution >= 0.6 is 11.3 Å². The smallest absolute Gasteiger partial charge is 0.110 e. The van der Waals surface area contributed by atoms with Gasteiger partial charge in [0.25, 0.3) is 0 Å². The van der Waals surface area contributed by atoms with Crippen LogP contribution in [0.1, 0.15) is 57.0 Å². The number of aromatic nitrogens is 1. The molecular formula is C14H24N2S. The minimum atomic E-state index is 0.498. The van der Waals surface area contributed by atoms with Gasteiger partial charge in [-0.2, -0.15) is 0 Å². The maximum atomic E-state index is 4.53. The van der Waals surface area contributed by atoms with Crippen LogP contribution in [0, 0.1) is 11.8 Å². The van der Waals surface area contributed by atoms with E-state index in [2.05, 4.69) is 29.5 Å². The highest BCUT2D eigenvalue weighted by molar-refractivity contribution is 7.09. The highest BCUT2D eigenvalue weighted by Gasteiger charge is 2.28. The summed E-state index contributed by atoms with van der Waals surface area (Å²) in [5, 5.41) is 7.10. The van der Waals surface area contributed by atoms with Crippen LogP contribution < -0.4 is 5.32 Å². The number of hydrogen-bond acceptors (Lipinski definition) is 3. The molecule has 1 aromatic heterocycles. The monoisotopic (exact) mass is 252 g/mol. The fourth-order valence-corrected chi connectivity index (χ4v) is 3.73. The topological polar surface area (TPSA) is 24.9 Å². The van der Waals surface area contributed by atoms with Crippen molar-refractivity contribution in [2.75, 3.05) is 6.54 Å². The van der Waals surface area contributed by atoms with Crippen LogP contribution in [0.25, 0.3) is 0 Å². The van der Waals surface area contributed by atoms with Gasteiger partial charge in [0.1, 0.15) is 5.01 Å². The molecule has 1 aliphatic rings. The van der Waals surface area contributed by atoms with Gasteiger partial charge in [-0.05, 0) is 37.6 Å². The Bertz CT molecular complexity index is 310. The van der Waals surface area contributed by atoms with E-state index in [1.54, 1.807) is 11.3 Å². The van der Waals surface area contributed by atoms with Crippen molar-refractivity contribution in [3.05, 3.63) is 16.6 Å². The molecule has 0 bridgehead atoms. The van der Waals surface area contributed by atoms with E-state index < -0.39 is 0 Å². The third-order valence-corrected chi connectivity index (χ3v) is 4.64. The molecule has 17 heavy (non-hydrogen) atoms. The molecule has 0 saturated heterocycles. The van der Waals surface area contributed by atoms with Crippen molar-refractivity contribution in [3.63, 3.8) is 0 Å². The Balaban J connectivity index is 2.03. The molecule has 1 saturated carbocycles. The van der Waals surface area contributed by atoms with Crippen LogP contribution in [-0.2, 0) is 0 Å². The fraction of sp³-hybridized carbons (Fsp3) is 0.786. The van der Waals surface area contributed by atoms with Crippen molar-refractivity contribution in [1.29, 1.82) is 0 Å². The number of thiazole rings is 1. The Morgan fingerprint density at radius 3 is 3.06 bits per heavy atom. The standard InChI is InChI=1S/C14H24N2S/c1-3-7-15-13(14-16-8-9-17-14)12-6-4-5-11(2)10-12/h8-9,11-13,15H,3-7,10H2,1-2H3. The molecular weight excluding hydrogens is 228 g/mol. The Morgan fingerprint density at radius 1 is 1.53 bits per heavy atom. The van der Waals surface area contributed by atoms with Gasteiger partial charge in [-0.1, -0.05) is 26.7 Å². The second-order valence-electron chi connectivity index (χ2n) is 5.33. The first-order chi connectivity index (χ1) is 8.31. The molecule has 1 aromatic rings. The van der Waals surface area contributed by atoms with E-state index in [9.17, 15) is 0 Å². The molecule has 0 spiro atoms. The van der Waals surface area contributed by atoms with Gasteiger partial charge in [0, 0.05) is 11.6 Å². The second kappa shape index (κ2) is 6.50. The summed E-state index contributed by atoms with van der Waals surface area (Å²) in [4.78, 5) is 4.53. The second-order valence-corrected chi connectivity index (χ2v) is 6.26. The first-order valence-electron chi connectivity index (χ1n) is 6.94. The van der Waals surface area contributed by atoms with Gasteiger partial charge in [0.05, 0.1) is 6.04 Å². The zero-order chi connectivity index (χ0) is 12.1. The van der Waals surface area contributed by atoms with Gasteiger partial charge in [-0.25, -0.2) is 4.98 Å². The van der Waals surface area contributed by atoms with Gasteiger partial charge in [-0.3, -0.25) is 0 Å². The van der Waals surface area contributed by atoms with Crippen molar-refractivity contribution >= 4 is 11.3 Å². The lowest BCUT2D eigenvalue weighted by atomic mass is 9.78. The van der Waals surface area contributed by atoms with E-state index in [4.69, 9.17) is 0 Å². The lowest BCUT2D eigenvalue weighted by Gasteiger charge is -2.32. The minimum Gasteiger partial charge on any atom is -0.308 e. The summed E-state index contributed by atoms with van der Waals surface area (Å²) < 4.78 is 0. The molecule has 1 heterocycles. The predicted molar refractivity (Wildman–Crippen MR) is 74.3 cm³/mol. The van der Waals surface area contributed by atoms with Crippen LogP contribution in [0.4, 0.5) is 0 Å². The number of rotatable bonds is 5. The highest BCUT2D eigenvalue weighted by Crippen LogP contribution is 2.37. The lowest BCUT2D eigenvalue weighted by molar-refractivity contribution is 0.223. The molecule has 2 nitrogen and oxygen atoms in total. The van der Waals surface area contributed by atoms with Crippen molar-refractivity contribution in [3.8, 4) is 0 Å². The Labute approximate surface area is 109 Å². The molecule has 1 N–H and O–H groups in total. The van der Waals surface area contributed by atoms with Gasteiger partial charge in [0.15, 0.2) is 0 Å². The van der Waals surface area contributed by atoms with E-state index >= 15 is 0 Å². The lowest BCUT2D eigenvalue weighted by Crippen LogP contribution is -2.31. The fourth-order valence-electron chi connectivity index (χ4n) is 2.93. The Morgan fingerprint density at radius 2 is 2.41 bits per heavy atom. The van der Waals surface area contributed by atoms with Gasteiger partial charge in [-0.15, -0.1) is 11.3 Å². The van der Waals surface area contributed by atoms with Gasteiger partial charge in [0.2, 0.25) is 0 Å². The molecule has 0 aromatic carbocycles. The summed E-state index contributed by atoms with van der Waals surface area (Å²) in [6.45, 7) is 5.73. The molecule has 0 aliphatic heterocycles. The first-order valence-corrected chi connectivity index (χ1v) is 7.82. The number of nitrogens with one attached hydrogen (secondary N) is 1. The SMILES string of the molecule is CCCNC(c1nccs1)C1CCCC(C)C1. The van der Waals surface area contributed by atoms with Crippen LogP contribution in [0.2, 0.25) is 0 Å². The molecule has 0 amide bonds. The van der Waals surface area contributed by atoms with Gasteiger partial charge >= 0.3 is 0 Å². The van der Waals surface area contributed by atoms with Crippen LogP contribution in [0.5, 0.6) is 0 Å². The third kappa shape index (κ3) is 3.52. The molecule has 0 radical (unpaired) electrons. The minimum absolute atomic E-state index is 0.498. The molecule has 2 rings (SSSR count). The maximum absolute atomic E-state index is 4.53. The summed E-state index contributed by atoms with van der Waals surface area (Å²) in [6.07, 6.45) is 8.67. The molecule has 3 atom stereocenters. The summed E-state index contributed by atoms with van der Waals surface area (Å²) in [6, 6.07) is 0.498. The summed E-state index contributed by atoms with van der Waals surface area (Å²) >= 11 is 1.80. The van der Waals surface area contributed by atoms with E-state index in [1.807, 2.05) is 6.20 Å². The van der Waals surface area contributed by atoms with E-state index in [0.717, 1.165) is 18.4 Å². The van der Waals surface area contributed by atoms with Crippen LogP contribution in [0.3, 0.4) is 0 Å². The van der Waals surface area contributed by atoms with Crippen molar-refractivity contribution in [1.82, 2.24) is 10.3 Å². The van der Waals surface area contributed by atoms with E-state index in [-0.39, 0.29) is 0 Å². The molecule has 1 fully saturated rings. The van der Waals surface area contributed by atoms with Crippen molar-refractivity contribution in [2.45, 2.75) is 52.0 Å². The highest BCUT2D eigenvalue weighted by atomic mass is 32.1. The Kier molecular flexibility index (Phi) is 4.99. The van der Waals surface area contributed by atoms with Crippen molar-refractivity contribution < 1.29 is 0 Å². The van der Waals surface area contributed by atoms with Crippen molar-refractivity contribution in [2.24, 2.45) is 11.8 Å². The van der Waals surface area contributed by atoms with Crippen LogP contribution in [-0.4, -0.2) is 11.5 Å². The maximum Gasteiger partial charge on any atom is 0.110 e. The zero-order valence-electron chi connectivity index (χ0n) is 11.0. The quantitative estimate of drug-likeness (QED) is 0.856. The predicted octanol–water partition coefficient (Wildman–Crippen LogP) is 4.01.